The summed E-state index contributed by atoms with van der Waals surface area (Å²) in [6, 6.07) is 0. The van der Waals surface area contributed by atoms with E-state index < -0.39 is 5.60 Å². The van der Waals surface area contributed by atoms with E-state index in [9.17, 15) is 5.11 Å². The van der Waals surface area contributed by atoms with Crippen LogP contribution in [0.1, 0.15) is 53.9 Å². The Morgan fingerprint density at radius 3 is 2.63 bits per heavy atom. The third kappa shape index (κ3) is 4.87. The summed E-state index contributed by atoms with van der Waals surface area (Å²) in [5.74, 6) is 0. The summed E-state index contributed by atoms with van der Waals surface area (Å²) in [5.41, 5.74) is 2.05. The van der Waals surface area contributed by atoms with E-state index in [-0.39, 0.29) is 5.41 Å². The van der Waals surface area contributed by atoms with Crippen LogP contribution in [0.25, 0.3) is 0 Å². The summed E-state index contributed by atoms with van der Waals surface area (Å²) in [7, 11) is 0. The quantitative estimate of drug-likeness (QED) is 0.747. The third-order valence-electron chi connectivity index (χ3n) is 3.80. The van der Waals surface area contributed by atoms with Crippen molar-refractivity contribution < 1.29 is 9.84 Å². The Balaban J connectivity index is 2.84. The van der Waals surface area contributed by atoms with Gasteiger partial charge in [0.25, 0.3) is 0 Å². The second-order valence-electron chi connectivity index (χ2n) is 6.25. The summed E-state index contributed by atoms with van der Waals surface area (Å²) in [6.07, 6.45) is 10.8. The van der Waals surface area contributed by atoms with Gasteiger partial charge in [-0.05, 0) is 63.2 Å². The molecule has 1 unspecified atom stereocenters. The molecule has 0 aliphatic heterocycles. The van der Waals surface area contributed by atoms with Gasteiger partial charge in [-0.3, -0.25) is 0 Å². The van der Waals surface area contributed by atoms with Gasteiger partial charge in [-0.15, -0.1) is 0 Å². The molecule has 1 atom stereocenters. The van der Waals surface area contributed by atoms with Gasteiger partial charge >= 0.3 is 0 Å². The molecule has 0 fully saturated rings. The zero-order chi connectivity index (χ0) is 14.5. The van der Waals surface area contributed by atoms with Crippen molar-refractivity contribution in [3.05, 3.63) is 35.6 Å². The van der Waals surface area contributed by atoms with Crippen LogP contribution in [0.5, 0.6) is 0 Å². The van der Waals surface area contributed by atoms with Crippen LogP contribution in [-0.4, -0.2) is 17.3 Å². The molecule has 1 aliphatic rings. The summed E-state index contributed by atoms with van der Waals surface area (Å²) >= 11 is 0. The fourth-order valence-electron chi connectivity index (χ4n) is 2.60. The van der Waals surface area contributed by atoms with Crippen molar-refractivity contribution in [2.24, 2.45) is 5.41 Å². The van der Waals surface area contributed by atoms with Gasteiger partial charge in [0.15, 0.2) is 0 Å². The van der Waals surface area contributed by atoms with E-state index in [1.807, 2.05) is 13.0 Å². The van der Waals surface area contributed by atoms with Gasteiger partial charge in [-0.2, -0.15) is 0 Å². The molecule has 0 heterocycles. The molecule has 2 nitrogen and oxygen atoms in total. The highest BCUT2D eigenvalue weighted by atomic mass is 16.5. The Morgan fingerprint density at radius 1 is 1.37 bits per heavy atom. The zero-order valence-corrected chi connectivity index (χ0v) is 13.0. The first kappa shape index (κ1) is 16.0. The largest absolute Gasteiger partial charge is 0.502 e. The first-order chi connectivity index (χ1) is 8.78. The van der Waals surface area contributed by atoms with Gasteiger partial charge in [-0.1, -0.05) is 25.5 Å². The average molecular weight is 264 g/mol. The maximum Gasteiger partial charge on any atom is 0.102 e. The first-order valence-electron chi connectivity index (χ1n) is 7.19. The highest BCUT2D eigenvalue weighted by Gasteiger charge is 2.27. The van der Waals surface area contributed by atoms with E-state index in [4.69, 9.17) is 4.74 Å². The lowest BCUT2D eigenvalue weighted by molar-refractivity contribution is 0.157. The molecule has 1 N–H and O–H groups in total. The number of aliphatic hydroxyl groups is 1. The van der Waals surface area contributed by atoms with Gasteiger partial charge in [-0.25, -0.2) is 0 Å². The zero-order valence-electron chi connectivity index (χ0n) is 13.0. The summed E-state index contributed by atoms with van der Waals surface area (Å²) in [4.78, 5) is 0. The van der Waals surface area contributed by atoms with E-state index in [0.29, 0.717) is 6.61 Å². The Kier molecular flexibility index (Phi) is 5.42. The molecule has 0 saturated carbocycles. The minimum atomic E-state index is -0.962. The highest BCUT2D eigenvalue weighted by molar-refractivity contribution is 5.34. The molecule has 0 aromatic carbocycles. The molecular formula is C17H28O2. The van der Waals surface area contributed by atoms with Gasteiger partial charge < -0.3 is 9.84 Å². The Labute approximate surface area is 117 Å². The topological polar surface area (TPSA) is 29.5 Å². The van der Waals surface area contributed by atoms with Gasteiger partial charge in [0, 0.05) is 0 Å². The summed E-state index contributed by atoms with van der Waals surface area (Å²) in [5, 5.41) is 10.3. The molecule has 0 saturated heterocycles. The monoisotopic (exact) mass is 264 g/mol. The number of hydrogen-bond acceptors (Lipinski definition) is 2. The van der Waals surface area contributed by atoms with E-state index in [1.165, 1.54) is 30.4 Å². The number of hydrogen-bond donors (Lipinski definition) is 1. The molecule has 1 aliphatic carbocycles. The predicted molar refractivity (Wildman–Crippen MR) is 80.9 cm³/mol. The van der Waals surface area contributed by atoms with E-state index in [0.717, 1.165) is 0 Å². The maximum absolute atomic E-state index is 10.3. The molecule has 108 valence electrons. The minimum Gasteiger partial charge on any atom is -0.502 e. The van der Waals surface area contributed by atoms with Crippen LogP contribution in [0.15, 0.2) is 35.6 Å². The molecule has 0 aromatic heterocycles. The van der Waals surface area contributed by atoms with Crippen molar-refractivity contribution in [3.8, 4) is 0 Å². The van der Waals surface area contributed by atoms with Crippen LogP contribution in [-0.2, 0) is 4.74 Å². The van der Waals surface area contributed by atoms with Crippen LogP contribution in [0, 0.1) is 5.41 Å². The van der Waals surface area contributed by atoms with E-state index >= 15 is 0 Å². The van der Waals surface area contributed by atoms with Crippen LogP contribution < -0.4 is 0 Å². The maximum atomic E-state index is 10.3. The third-order valence-corrected chi connectivity index (χ3v) is 3.80. The molecule has 0 amide bonds. The number of allylic oxidation sites excluding steroid dienone is 3. The lowest BCUT2D eigenvalue weighted by Crippen LogP contribution is -2.21. The van der Waals surface area contributed by atoms with E-state index in [1.54, 1.807) is 19.3 Å². The van der Waals surface area contributed by atoms with E-state index in [2.05, 4.69) is 26.8 Å². The molecule has 1 rings (SSSR count). The Morgan fingerprint density at radius 2 is 2.05 bits per heavy atom. The second-order valence-corrected chi connectivity index (χ2v) is 6.25. The SMILES string of the molecule is CCO/C=C/C(C)(O)/C=C/C1=C(C)CCCC1(C)C. The summed E-state index contributed by atoms with van der Waals surface area (Å²) < 4.78 is 5.14. The average Bonchev–Trinajstić information content (AvgIpc) is 2.27. The van der Waals surface area contributed by atoms with Crippen molar-refractivity contribution in [1.29, 1.82) is 0 Å². The normalized spacial score (nSPS) is 23.1. The van der Waals surface area contributed by atoms with Crippen molar-refractivity contribution in [3.63, 3.8) is 0 Å². The van der Waals surface area contributed by atoms with Crippen molar-refractivity contribution in [1.82, 2.24) is 0 Å². The fourth-order valence-corrected chi connectivity index (χ4v) is 2.60. The molecule has 0 spiro atoms. The van der Waals surface area contributed by atoms with Crippen LogP contribution in [0.3, 0.4) is 0 Å². The van der Waals surface area contributed by atoms with Crippen molar-refractivity contribution in [2.45, 2.75) is 59.5 Å². The van der Waals surface area contributed by atoms with Crippen LogP contribution in [0.4, 0.5) is 0 Å². The van der Waals surface area contributed by atoms with Crippen molar-refractivity contribution >= 4 is 0 Å². The molecule has 0 aromatic rings. The predicted octanol–water partition coefficient (Wildman–Crippen LogP) is 4.37. The van der Waals surface area contributed by atoms with Gasteiger partial charge in [0.05, 0.1) is 12.9 Å². The first-order valence-corrected chi connectivity index (χ1v) is 7.19. The molecule has 0 radical (unpaired) electrons. The fraction of sp³-hybridized carbons (Fsp3) is 0.647. The molecule has 2 heteroatoms. The Hall–Kier alpha value is -1.02. The molecule has 19 heavy (non-hydrogen) atoms. The van der Waals surface area contributed by atoms with Gasteiger partial charge in [0.1, 0.15) is 5.60 Å². The minimum absolute atomic E-state index is 0.207. The Bertz CT molecular complexity index is 384. The number of ether oxygens (including phenoxy) is 1. The highest BCUT2D eigenvalue weighted by Crippen LogP contribution is 2.40. The lowest BCUT2D eigenvalue weighted by atomic mass is 9.72. The molecule has 0 bridgehead atoms. The standard InChI is InChI=1S/C17H28O2/c1-6-19-13-12-17(5,18)11-9-15-14(2)8-7-10-16(15,3)4/h9,11-13,18H,6-8,10H2,1-5H3/b11-9+,13-12+. The second kappa shape index (κ2) is 6.42. The molecular weight excluding hydrogens is 236 g/mol. The van der Waals surface area contributed by atoms with Crippen molar-refractivity contribution in [2.75, 3.05) is 6.61 Å². The smallest absolute Gasteiger partial charge is 0.102 e. The lowest BCUT2D eigenvalue weighted by Gasteiger charge is -2.33. The summed E-state index contributed by atoms with van der Waals surface area (Å²) in [6.45, 7) is 11.1. The van der Waals surface area contributed by atoms with Gasteiger partial charge in [0.2, 0.25) is 0 Å². The van der Waals surface area contributed by atoms with Crippen LogP contribution >= 0.6 is 0 Å². The number of rotatable bonds is 5. The van der Waals surface area contributed by atoms with Crippen LogP contribution in [0.2, 0.25) is 0 Å².